The van der Waals surface area contributed by atoms with Crippen molar-refractivity contribution in [2.75, 3.05) is 26.2 Å². The van der Waals surface area contributed by atoms with Gasteiger partial charge < -0.3 is 24.6 Å². The molecule has 5 heteroatoms. The molecule has 0 saturated carbocycles. The van der Waals surface area contributed by atoms with E-state index < -0.39 is 12.1 Å². The van der Waals surface area contributed by atoms with Gasteiger partial charge in [0.15, 0.2) is 0 Å². The van der Waals surface area contributed by atoms with Crippen molar-refractivity contribution in [1.29, 1.82) is 0 Å². The number of quaternary nitrogens is 1. The van der Waals surface area contributed by atoms with Crippen LogP contribution in [0.4, 0.5) is 0 Å². The molecule has 1 heterocycles. The Morgan fingerprint density at radius 1 is 1.38 bits per heavy atom. The molecule has 1 atom stereocenters. The zero-order chi connectivity index (χ0) is 15.2. The number of carboxylic acids is 1. The Morgan fingerprint density at radius 3 is 2.57 bits per heavy atom. The van der Waals surface area contributed by atoms with Gasteiger partial charge in [-0.1, -0.05) is 6.92 Å². The molecule has 2 N–H and O–H groups in total. The molecule has 1 fully saturated rings. The maximum Gasteiger partial charge on any atom is 0.137 e. The minimum Gasteiger partial charge on any atom is -0.545 e. The lowest BCUT2D eigenvalue weighted by Gasteiger charge is -2.28. The molecular weight excluding hydrogens is 270 g/mol. The van der Waals surface area contributed by atoms with Crippen LogP contribution in [0.2, 0.25) is 0 Å². The van der Waals surface area contributed by atoms with E-state index in [1.807, 2.05) is 0 Å². The van der Waals surface area contributed by atoms with Crippen molar-refractivity contribution < 1.29 is 24.6 Å². The van der Waals surface area contributed by atoms with Gasteiger partial charge in [0.25, 0.3) is 0 Å². The second kappa shape index (κ2) is 7.43. The van der Waals surface area contributed by atoms with Crippen LogP contribution in [0.3, 0.4) is 0 Å². The largest absolute Gasteiger partial charge is 0.545 e. The minimum absolute atomic E-state index is 0.120. The van der Waals surface area contributed by atoms with Crippen LogP contribution in [0.1, 0.15) is 30.1 Å². The first-order valence-corrected chi connectivity index (χ1v) is 7.50. The fourth-order valence-electron chi connectivity index (χ4n) is 2.65. The summed E-state index contributed by atoms with van der Waals surface area (Å²) in [6.45, 7) is 5.41. The number of carboxylic acid groups (broad SMARTS) is 1. The number of likely N-dealkylation sites (tertiary alicyclic amines) is 1. The first-order valence-electron chi connectivity index (χ1n) is 7.50. The Bertz CT molecular complexity index is 452. The molecule has 0 unspecified atom stereocenters. The highest BCUT2D eigenvalue weighted by molar-refractivity contribution is 5.85. The summed E-state index contributed by atoms with van der Waals surface area (Å²) < 4.78 is 5.49. The SMILES string of the molecule is CC1CC[NH+](C[C@H](O)COc2ccc(C(=O)[O-])cc2)CC1. The number of rotatable bonds is 6. The molecule has 116 valence electrons. The smallest absolute Gasteiger partial charge is 0.137 e. The lowest BCUT2D eigenvalue weighted by atomic mass is 9.99. The van der Waals surface area contributed by atoms with Crippen molar-refractivity contribution in [3.63, 3.8) is 0 Å². The summed E-state index contributed by atoms with van der Waals surface area (Å²) in [5, 5.41) is 20.6. The average molecular weight is 293 g/mol. The monoisotopic (exact) mass is 293 g/mol. The van der Waals surface area contributed by atoms with Gasteiger partial charge in [-0.15, -0.1) is 0 Å². The van der Waals surface area contributed by atoms with Gasteiger partial charge in [0, 0.05) is 0 Å². The summed E-state index contributed by atoms with van der Waals surface area (Å²) in [6.07, 6.45) is 1.93. The standard InChI is InChI=1S/C16H23NO4/c1-12-6-8-17(9-7-12)10-14(18)11-21-15-4-2-13(3-5-15)16(19)20/h2-5,12,14,18H,6-11H2,1H3,(H,19,20)/t14-/m0/s1. The molecular formula is C16H23NO4. The van der Waals surface area contributed by atoms with E-state index in [1.165, 1.54) is 29.9 Å². The Labute approximate surface area is 125 Å². The molecule has 0 aliphatic carbocycles. The van der Waals surface area contributed by atoms with E-state index in [0.29, 0.717) is 12.3 Å². The number of piperidine rings is 1. The second-order valence-corrected chi connectivity index (χ2v) is 5.91. The van der Waals surface area contributed by atoms with E-state index in [2.05, 4.69) is 6.92 Å². The number of hydrogen-bond acceptors (Lipinski definition) is 4. The van der Waals surface area contributed by atoms with Crippen molar-refractivity contribution in [2.24, 2.45) is 5.92 Å². The summed E-state index contributed by atoms with van der Waals surface area (Å²) >= 11 is 0. The number of ether oxygens (including phenoxy) is 1. The Morgan fingerprint density at radius 2 is 2.00 bits per heavy atom. The van der Waals surface area contributed by atoms with E-state index in [9.17, 15) is 15.0 Å². The number of aliphatic hydroxyl groups is 1. The molecule has 5 nitrogen and oxygen atoms in total. The molecule has 21 heavy (non-hydrogen) atoms. The number of carbonyl (C=O) groups excluding carboxylic acids is 1. The number of benzene rings is 1. The summed E-state index contributed by atoms with van der Waals surface area (Å²) in [6, 6.07) is 6.03. The Balaban J connectivity index is 1.73. The van der Waals surface area contributed by atoms with Crippen LogP contribution in [0, 0.1) is 5.92 Å². The lowest BCUT2D eigenvalue weighted by Crippen LogP contribution is -3.14. The van der Waals surface area contributed by atoms with Crippen LogP contribution in [-0.4, -0.2) is 43.4 Å². The van der Waals surface area contributed by atoms with E-state index >= 15 is 0 Å². The highest BCUT2D eigenvalue weighted by Crippen LogP contribution is 2.12. The van der Waals surface area contributed by atoms with Gasteiger partial charge in [-0.3, -0.25) is 0 Å². The predicted molar refractivity (Wildman–Crippen MR) is 76.2 cm³/mol. The van der Waals surface area contributed by atoms with Gasteiger partial charge in [0.2, 0.25) is 0 Å². The summed E-state index contributed by atoms with van der Waals surface area (Å²) in [4.78, 5) is 12.1. The number of aliphatic hydroxyl groups excluding tert-OH is 1. The van der Waals surface area contributed by atoms with Gasteiger partial charge >= 0.3 is 0 Å². The van der Waals surface area contributed by atoms with Crippen LogP contribution in [-0.2, 0) is 0 Å². The minimum atomic E-state index is -1.20. The normalized spacial score (nSPS) is 23.5. The maximum absolute atomic E-state index is 10.6. The van der Waals surface area contributed by atoms with Crippen molar-refractivity contribution in [2.45, 2.75) is 25.9 Å². The van der Waals surface area contributed by atoms with Crippen molar-refractivity contribution in [3.05, 3.63) is 29.8 Å². The van der Waals surface area contributed by atoms with Gasteiger partial charge in [-0.05, 0) is 48.6 Å². The number of aromatic carboxylic acids is 1. The highest BCUT2D eigenvalue weighted by atomic mass is 16.5. The first kappa shape index (κ1) is 15.8. The van der Waals surface area contributed by atoms with Crippen LogP contribution in [0.15, 0.2) is 24.3 Å². The average Bonchev–Trinajstić information content (AvgIpc) is 2.48. The Hall–Kier alpha value is -1.59. The van der Waals surface area contributed by atoms with Gasteiger partial charge in [0.1, 0.15) is 25.0 Å². The third kappa shape index (κ3) is 5.02. The first-order chi connectivity index (χ1) is 10.0. The van der Waals surface area contributed by atoms with Gasteiger partial charge in [-0.2, -0.15) is 0 Å². The van der Waals surface area contributed by atoms with Crippen molar-refractivity contribution in [3.8, 4) is 5.75 Å². The third-order valence-electron chi connectivity index (χ3n) is 4.04. The zero-order valence-corrected chi connectivity index (χ0v) is 12.4. The lowest BCUT2D eigenvalue weighted by molar-refractivity contribution is -0.909. The van der Waals surface area contributed by atoms with Crippen molar-refractivity contribution in [1.82, 2.24) is 0 Å². The van der Waals surface area contributed by atoms with Crippen LogP contribution in [0.25, 0.3) is 0 Å². The van der Waals surface area contributed by atoms with E-state index in [4.69, 9.17) is 4.74 Å². The topological polar surface area (TPSA) is 74.0 Å². The number of nitrogens with one attached hydrogen (secondary N) is 1. The number of carbonyl (C=O) groups is 1. The summed E-state index contributed by atoms with van der Waals surface area (Å²) in [7, 11) is 0. The maximum atomic E-state index is 10.6. The van der Waals surface area contributed by atoms with E-state index in [1.54, 1.807) is 12.1 Å². The quantitative estimate of drug-likeness (QED) is 0.713. The highest BCUT2D eigenvalue weighted by Gasteiger charge is 2.21. The zero-order valence-electron chi connectivity index (χ0n) is 12.4. The van der Waals surface area contributed by atoms with Crippen LogP contribution in [0.5, 0.6) is 5.75 Å². The molecule has 1 aromatic carbocycles. The van der Waals surface area contributed by atoms with E-state index in [0.717, 1.165) is 19.0 Å². The Kier molecular flexibility index (Phi) is 5.59. The third-order valence-corrected chi connectivity index (χ3v) is 4.04. The fourth-order valence-corrected chi connectivity index (χ4v) is 2.65. The summed E-state index contributed by atoms with van der Waals surface area (Å²) in [5.74, 6) is 0.148. The molecule has 2 rings (SSSR count). The molecule has 0 spiro atoms. The van der Waals surface area contributed by atoms with Gasteiger partial charge in [0.05, 0.1) is 19.1 Å². The fraction of sp³-hybridized carbons (Fsp3) is 0.562. The number of hydrogen-bond donors (Lipinski definition) is 2. The van der Waals surface area contributed by atoms with Crippen molar-refractivity contribution >= 4 is 5.97 Å². The molecule has 1 aliphatic rings. The van der Waals surface area contributed by atoms with Crippen LogP contribution < -0.4 is 14.7 Å². The molecule has 0 aromatic heterocycles. The van der Waals surface area contributed by atoms with Gasteiger partial charge in [-0.25, -0.2) is 0 Å². The van der Waals surface area contributed by atoms with E-state index in [-0.39, 0.29) is 12.2 Å². The molecule has 0 radical (unpaired) electrons. The molecule has 0 amide bonds. The molecule has 1 aliphatic heterocycles. The predicted octanol–water partition coefficient (Wildman–Crippen LogP) is -0.895. The van der Waals surface area contributed by atoms with Crippen LogP contribution >= 0.6 is 0 Å². The molecule has 1 aromatic rings. The molecule has 0 bridgehead atoms. The molecule has 1 saturated heterocycles. The second-order valence-electron chi connectivity index (χ2n) is 5.91. The summed E-state index contributed by atoms with van der Waals surface area (Å²) in [5.41, 5.74) is 0.120.